The number of hydrogen-bond acceptors (Lipinski definition) is 5. The Balaban J connectivity index is 1.67. The van der Waals surface area contributed by atoms with Gasteiger partial charge in [0, 0.05) is 11.8 Å². The molecule has 2 unspecified atom stereocenters. The van der Waals surface area contributed by atoms with E-state index >= 15 is 0 Å². The molecule has 0 saturated carbocycles. The monoisotopic (exact) mass is 382 g/mol. The largest absolute Gasteiger partial charge is 0.462 e. The molecule has 0 heterocycles. The standard InChI is InChI=1S/C23H26O5/c1-17(13-15-27-22(25)19-9-5-3-6-10-19)21(24)18(2)14-16-28-23(26)20-11-7-4-8-12-20/h3-12,17-18H,13-16H2,1-2H3. The third-order valence-electron chi connectivity index (χ3n) is 4.56. The maximum absolute atomic E-state index is 12.5. The predicted octanol–water partition coefficient (Wildman–Crippen LogP) is 4.32. The fourth-order valence-corrected chi connectivity index (χ4v) is 2.74. The lowest BCUT2D eigenvalue weighted by molar-refractivity contribution is -0.126. The number of Topliss-reactive ketones (excluding diaryl/α,β-unsaturated/α-hetero) is 1. The molecule has 2 aromatic rings. The molecule has 0 bridgehead atoms. The lowest BCUT2D eigenvalue weighted by Gasteiger charge is -2.16. The first-order valence-electron chi connectivity index (χ1n) is 9.47. The summed E-state index contributed by atoms with van der Waals surface area (Å²) in [6, 6.07) is 17.5. The van der Waals surface area contributed by atoms with E-state index in [1.54, 1.807) is 48.5 Å². The molecule has 148 valence electrons. The Hall–Kier alpha value is -2.95. The van der Waals surface area contributed by atoms with Crippen molar-refractivity contribution in [3.05, 3.63) is 71.8 Å². The summed E-state index contributed by atoms with van der Waals surface area (Å²) in [5.74, 6) is -1.17. The maximum atomic E-state index is 12.5. The molecule has 0 saturated heterocycles. The number of carbonyl (C=O) groups is 3. The van der Waals surface area contributed by atoms with Gasteiger partial charge in [0.2, 0.25) is 0 Å². The predicted molar refractivity (Wildman–Crippen MR) is 106 cm³/mol. The number of rotatable bonds is 10. The Labute approximate surface area is 165 Å². The lowest BCUT2D eigenvalue weighted by Crippen LogP contribution is -2.23. The van der Waals surface area contributed by atoms with Crippen LogP contribution in [0.3, 0.4) is 0 Å². The van der Waals surface area contributed by atoms with Gasteiger partial charge in [0.1, 0.15) is 5.78 Å². The zero-order valence-electron chi connectivity index (χ0n) is 16.3. The smallest absolute Gasteiger partial charge is 0.338 e. The van der Waals surface area contributed by atoms with Gasteiger partial charge in [0.05, 0.1) is 24.3 Å². The number of carbonyl (C=O) groups excluding carboxylic acids is 3. The van der Waals surface area contributed by atoms with Gasteiger partial charge in [-0.05, 0) is 37.1 Å². The van der Waals surface area contributed by atoms with Crippen LogP contribution in [0.15, 0.2) is 60.7 Å². The Kier molecular flexibility index (Phi) is 8.40. The van der Waals surface area contributed by atoms with E-state index in [2.05, 4.69) is 0 Å². The molecule has 0 aliphatic rings. The highest BCUT2D eigenvalue weighted by Crippen LogP contribution is 2.15. The minimum absolute atomic E-state index is 0.0755. The number of benzene rings is 2. The molecule has 0 fully saturated rings. The van der Waals surface area contributed by atoms with E-state index in [-0.39, 0.29) is 42.8 Å². The number of esters is 2. The van der Waals surface area contributed by atoms with Crippen LogP contribution in [0.5, 0.6) is 0 Å². The van der Waals surface area contributed by atoms with Gasteiger partial charge in [-0.15, -0.1) is 0 Å². The van der Waals surface area contributed by atoms with Crippen molar-refractivity contribution in [1.82, 2.24) is 0 Å². The second-order valence-corrected chi connectivity index (χ2v) is 6.79. The van der Waals surface area contributed by atoms with Crippen LogP contribution in [0.1, 0.15) is 47.4 Å². The van der Waals surface area contributed by atoms with Crippen molar-refractivity contribution in [2.75, 3.05) is 13.2 Å². The van der Waals surface area contributed by atoms with Crippen molar-refractivity contribution in [2.24, 2.45) is 11.8 Å². The molecule has 0 amide bonds. The van der Waals surface area contributed by atoms with Crippen LogP contribution < -0.4 is 0 Å². The molecule has 0 N–H and O–H groups in total. The minimum atomic E-state index is -0.388. The highest BCUT2D eigenvalue weighted by Gasteiger charge is 2.21. The summed E-state index contributed by atoms with van der Waals surface area (Å²) >= 11 is 0. The first-order valence-corrected chi connectivity index (χ1v) is 9.47. The molecule has 0 spiro atoms. The second-order valence-electron chi connectivity index (χ2n) is 6.79. The van der Waals surface area contributed by atoms with Gasteiger partial charge in [-0.1, -0.05) is 50.2 Å². The summed E-state index contributed by atoms with van der Waals surface area (Å²) in [7, 11) is 0. The molecule has 2 rings (SSSR count). The molecule has 28 heavy (non-hydrogen) atoms. The highest BCUT2D eigenvalue weighted by atomic mass is 16.5. The van der Waals surface area contributed by atoms with E-state index in [9.17, 15) is 14.4 Å². The van der Waals surface area contributed by atoms with Gasteiger partial charge >= 0.3 is 11.9 Å². The Bertz CT molecular complexity index is 705. The Morgan fingerprint density at radius 3 is 1.39 bits per heavy atom. The van der Waals surface area contributed by atoms with Crippen molar-refractivity contribution in [2.45, 2.75) is 26.7 Å². The zero-order valence-corrected chi connectivity index (χ0v) is 16.3. The van der Waals surface area contributed by atoms with Crippen molar-refractivity contribution in [1.29, 1.82) is 0 Å². The maximum Gasteiger partial charge on any atom is 0.338 e. The first kappa shape index (κ1) is 21.4. The number of hydrogen-bond donors (Lipinski definition) is 0. The van der Waals surface area contributed by atoms with Crippen LogP contribution in [-0.4, -0.2) is 30.9 Å². The molecule has 5 nitrogen and oxygen atoms in total. The summed E-state index contributed by atoms with van der Waals surface area (Å²) in [5, 5.41) is 0. The van der Waals surface area contributed by atoms with Crippen molar-refractivity contribution in [3.63, 3.8) is 0 Å². The van der Waals surface area contributed by atoms with Crippen LogP contribution in [0.4, 0.5) is 0 Å². The molecular formula is C23H26O5. The number of ketones is 1. The van der Waals surface area contributed by atoms with E-state index in [1.807, 2.05) is 26.0 Å². The third-order valence-corrected chi connectivity index (χ3v) is 4.56. The molecule has 5 heteroatoms. The average molecular weight is 382 g/mol. The van der Waals surface area contributed by atoms with E-state index in [1.165, 1.54) is 0 Å². The van der Waals surface area contributed by atoms with E-state index in [0.29, 0.717) is 24.0 Å². The second kappa shape index (κ2) is 11.0. The first-order chi connectivity index (χ1) is 13.5. The van der Waals surface area contributed by atoms with Crippen LogP contribution in [0.2, 0.25) is 0 Å². The summed E-state index contributed by atoms with van der Waals surface area (Å²) in [5.41, 5.74) is 0.991. The normalized spacial score (nSPS) is 12.6. The number of ether oxygens (including phenoxy) is 2. The molecule has 2 aromatic carbocycles. The minimum Gasteiger partial charge on any atom is -0.462 e. The zero-order chi connectivity index (χ0) is 20.4. The third kappa shape index (κ3) is 6.65. The lowest BCUT2D eigenvalue weighted by atomic mass is 9.91. The van der Waals surface area contributed by atoms with Gasteiger partial charge in [0.25, 0.3) is 0 Å². The van der Waals surface area contributed by atoms with Crippen LogP contribution >= 0.6 is 0 Å². The van der Waals surface area contributed by atoms with Gasteiger partial charge in [-0.2, -0.15) is 0 Å². The SMILES string of the molecule is CC(CCOC(=O)c1ccccc1)C(=O)C(C)CCOC(=O)c1ccccc1. The van der Waals surface area contributed by atoms with Gasteiger partial charge < -0.3 is 9.47 Å². The summed E-state index contributed by atoms with van der Waals surface area (Å²) in [4.78, 5) is 36.2. The van der Waals surface area contributed by atoms with Gasteiger partial charge in [-0.3, -0.25) is 4.79 Å². The molecule has 0 radical (unpaired) electrons. The topological polar surface area (TPSA) is 69.7 Å². The van der Waals surface area contributed by atoms with Crippen molar-refractivity contribution >= 4 is 17.7 Å². The quantitative estimate of drug-likeness (QED) is 0.572. The molecule has 0 aromatic heterocycles. The Morgan fingerprint density at radius 2 is 1.04 bits per heavy atom. The van der Waals surface area contributed by atoms with Crippen LogP contribution in [0.25, 0.3) is 0 Å². The van der Waals surface area contributed by atoms with Gasteiger partial charge in [-0.25, -0.2) is 9.59 Å². The fourth-order valence-electron chi connectivity index (χ4n) is 2.74. The van der Waals surface area contributed by atoms with E-state index in [0.717, 1.165) is 0 Å². The summed E-state index contributed by atoms with van der Waals surface area (Å²) in [6.07, 6.45) is 0.928. The molecule has 2 atom stereocenters. The molecular weight excluding hydrogens is 356 g/mol. The van der Waals surface area contributed by atoms with Crippen LogP contribution in [0, 0.1) is 11.8 Å². The van der Waals surface area contributed by atoms with Crippen molar-refractivity contribution < 1.29 is 23.9 Å². The average Bonchev–Trinajstić information content (AvgIpc) is 2.74. The summed E-state index contributed by atoms with van der Waals surface area (Å²) in [6.45, 7) is 4.03. The van der Waals surface area contributed by atoms with E-state index < -0.39 is 0 Å². The Morgan fingerprint density at radius 1 is 0.679 bits per heavy atom. The van der Waals surface area contributed by atoms with Crippen molar-refractivity contribution in [3.8, 4) is 0 Å². The molecule has 0 aliphatic heterocycles. The van der Waals surface area contributed by atoms with Crippen LogP contribution in [-0.2, 0) is 14.3 Å². The van der Waals surface area contributed by atoms with Gasteiger partial charge in [0.15, 0.2) is 0 Å². The molecule has 0 aliphatic carbocycles. The fraction of sp³-hybridized carbons (Fsp3) is 0.348. The summed E-state index contributed by atoms with van der Waals surface area (Å²) < 4.78 is 10.5. The van der Waals surface area contributed by atoms with E-state index in [4.69, 9.17) is 9.47 Å². The highest BCUT2D eigenvalue weighted by molar-refractivity contribution is 5.89.